The van der Waals surface area contributed by atoms with E-state index in [4.69, 9.17) is 0 Å². The first kappa shape index (κ1) is 17.7. The van der Waals surface area contributed by atoms with E-state index in [0.717, 1.165) is 16.8 Å². The molecule has 0 saturated heterocycles. The summed E-state index contributed by atoms with van der Waals surface area (Å²) >= 11 is 0. The highest BCUT2D eigenvalue weighted by atomic mass is 16.2. The van der Waals surface area contributed by atoms with E-state index in [0.29, 0.717) is 16.5 Å². The molecule has 138 valence electrons. The van der Waals surface area contributed by atoms with E-state index in [1.165, 1.54) is 4.68 Å². The molecule has 0 aliphatic carbocycles. The second kappa shape index (κ2) is 7.12. The molecule has 0 saturated carbocycles. The van der Waals surface area contributed by atoms with Crippen molar-refractivity contribution in [2.75, 3.05) is 5.32 Å². The van der Waals surface area contributed by atoms with Crippen LogP contribution in [-0.4, -0.2) is 15.7 Å². The van der Waals surface area contributed by atoms with Crippen molar-refractivity contribution in [3.05, 3.63) is 100.0 Å². The zero-order chi connectivity index (χ0) is 19.7. The Morgan fingerprint density at radius 1 is 0.857 bits per heavy atom. The second-order valence-corrected chi connectivity index (χ2v) is 6.65. The van der Waals surface area contributed by atoms with Crippen LogP contribution in [0.2, 0.25) is 0 Å². The number of aryl methyl sites for hydroxylation is 1. The lowest BCUT2D eigenvalue weighted by Gasteiger charge is -2.13. The molecule has 5 nitrogen and oxygen atoms in total. The average molecular weight is 369 g/mol. The van der Waals surface area contributed by atoms with Gasteiger partial charge in [-0.3, -0.25) is 9.59 Å². The summed E-state index contributed by atoms with van der Waals surface area (Å²) in [6.45, 7) is 3.95. The third kappa shape index (κ3) is 3.07. The molecule has 1 amide bonds. The predicted molar refractivity (Wildman–Crippen MR) is 111 cm³/mol. The molecule has 0 radical (unpaired) electrons. The van der Waals surface area contributed by atoms with Gasteiger partial charge in [0.05, 0.1) is 11.1 Å². The first-order chi connectivity index (χ1) is 13.6. The minimum Gasteiger partial charge on any atom is -0.320 e. The fourth-order valence-corrected chi connectivity index (χ4v) is 3.17. The van der Waals surface area contributed by atoms with Crippen molar-refractivity contribution in [3.8, 4) is 5.69 Å². The number of nitrogens with zero attached hydrogens (tertiary/aromatic N) is 2. The first-order valence-corrected chi connectivity index (χ1v) is 9.01. The summed E-state index contributed by atoms with van der Waals surface area (Å²) in [6, 6.07) is 21.9. The van der Waals surface area contributed by atoms with Crippen LogP contribution in [0.3, 0.4) is 0 Å². The first-order valence-electron chi connectivity index (χ1n) is 9.01. The van der Waals surface area contributed by atoms with Gasteiger partial charge in [-0.05, 0) is 49.2 Å². The Morgan fingerprint density at radius 3 is 2.29 bits per heavy atom. The third-order valence-electron chi connectivity index (χ3n) is 4.87. The van der Waals surface area contributed by atoms with Crippen LogP contribution in [0, 0.1) is 13.8 Å². The van der Waals surface area contributed by atoms with Crippen LogP contribution >= 0.6 is 0 Å². The number of rotatable bonds is 3. The molecule has 1 heterocycles. The highest BCUT2D eigenvalue weighted by Gasteiger charge is 2.18. The Hall–Kier alpha value is -3.73. The van der Waals surface area contributed by atoms with Crippen LogP contribution in [0.1, 0.15) is 21.6 Å². The second-order valence-electron chi connectivity index (χ2n) is 6.65. The van der Waals surface area contributed by atoms with Crippen LogP contribution in [-0.2, 0) is 0 Å². The van der Waals surface area contributed by atoms with Gasteiger partial charge < -0.3 is 5.32 Å². The largest absolute Gasteiger partial charge is 0.320 e. The number of nitrogens with one attached hydrogen (secondary N) is 1. The van der Waals surface area contributed by atoms with Gasteiger partial charge in [-0.1, -0.05) is 48.5 Å². The van der Waals surface area contributed by atoms with Crippen molar-refractivity contribution >= 4 is 22.4 Å². The molecule has 28 heavy (non-hydrogen) atoms. The van der Waals surface area contributed by atoms with E-state index in [2.05, 4.69) is 10.4 Å². The number of fused-ring (bicyclic) bond motifs is 1. The van der Waals surface area contributed by atoms with Crippen molar-refractivity contribution in [1.29, 1.82) is 0 Å². The number of para-hydroxylation sites is 1. The Balaban J connectivity index is 1.88. The molecule has 1 aromatic heterocycles. The van der Waals surface area contributed by atoms with Crippen LogP contribution in [0.4, 0.5) is 5.69 Å². The fraction of sp³-hybridized carbons (Fsp3) is 0.0870. The van der Waals surface area contributed by atoms with Gasteiger partial charge in [0, 0.05) is 11.1 Å². The maximum absolute atomic E-state index is 13.1. The molecule has 0 aliphatic rings. The Kier molecular flexibility index (Phi) is 4.49. The number of hydrogen-bond acceptors (Lipinski definition) is 3. The van der Waals surface area contributed by atoms with Gasteiger partial charge in [-0.2, -0.15) is 9.78 Å². The van der Waals surface area contributed by atoms with E-state index in [1.54, 1.807) is 36.4 Å². The number of carbonyl (C=O) groups excluding carboxylic acids is 1. The maximum Gasteiger partial charge on any atom is 0.279 e. The van der Waals surface area contributed by atoms with Gasteiger partial charge in [-0.15, -0.1) is 0 Å². The molecule has 4 aromatic rings. The van der Waals surface area contributed by atoms with E-state index in [-0.39, 0.29) is 17.2 Å². The summed E-state index contributed by atoms with van der Waals surface area (Å²) in [4.78, 5) is 26.0. The van der Waals surface area contributed by atoms with Gasteiger partial charge in [0.1, 0.15) is 0 Å². The van der Waals surface area contributed by atoms with Crippen LogP contribution in [0.5, 0.6) is 0 Å². The lowest BCUT2D eigenvalue weighted by atomic mass is 10.1. The number of anilines is 1. The van der Waals surface area contributed by atoms with Gasteiger partial charge in [0.15, 0.2) is 5.69 Å². The summed E-state index contributed by atoms with van der Waals surface area (Å²) in [5.74, 6) is -0.352. The topological polar surface area (TPSA) is 64.0 Å². The Labute approximate surface area is 162 Å². The summed E-state index contributed by atoms with van der Waals surface area (Å²) in [7, 11) is 0. The number of hydrogen-bond donors (Lipinski definition) is 1. The van der Waals surface area contributed by atoms with Crippen LogP contribution in [0.25, 0.3) is 16.5 Å². The van der Waals surface area contributed by atoms with Gasteiger partial charge in [0.2, 0.25) is 0 Å². The zero-order valence-electron chi connectivity index (χ0n) is 15.6. The minimum absolute atomic E-state index is 0.208. The molecule has 0 spiro atoms. The van der Waals surface area contributed by atoms with Crippen molar-refractivity contribution in [1.82, 2.24) is 9.78 Å². The zero-order valence-corrected chi connectivity index (χ0v) is 15.6. The minimum atomic E-state index is -0.352. The van der Waals surface area contributed by atoms with E-state index >= 15 is 0 Å². The lowest BCUT2D eigenvalue weighted by Crippen LogP contribution is -2.26. The maximum atomic E-state index is 13.1. The SMILES string of the molecule is Cc1cccc(NC(=O)c2nn(-c3ccccc3)c(=O)c3ccccc23)c1C. The molecular formula is C23H19N3O2. The summed E-state index contributed by atoms with van der Waals surface area (Å²) in [6.07, 6.45) is 0. The predicted octanol–water partition coefficient (Wildman–Crippen LogP) is 4.25. The van der Waals surface area contributed by atoms with Crippen molar-refractivity contribution in [3.63, 3.8) is 0 Å². The van der Waals surface area contributed by atoms with Crippen molar-refractivity contribution < 1.29 is 4.79 Å². The molecule has 5 heteroatoms. The standard InChI is InChI=1S/C23H19N3O2/c1-15-9-8-14-20(16(15)2)24-22(27)21-18-12-6-7-13-19(18)23(28)26(25-21)17-10-4-3-5-11-17/h3-14H,1-2H3,(H,24,27). The molecule has 0 fully saturated rings. The third-order valence-corrected chi connectivity index (χ3v) is 4.87. The summed E-state index contributed by atoms with van der Waals surface area (Å²) in [5, 5.41) is 8.33. The summed E-state index contributed by atoms with van der Waals surface area (Å²) in [5.41, 5.74) is 3.37. The molecule has 1 N–H and O–H groups in total. The summed E-state index contributed by atoms with van der Waals surface area (Å²) < 4.78 is 1.28. The quantitative estimate of drug-likeness (QED) is 0.587. The van der Waals surface area contributed by atoms with Crippen LogP contribution < -0.4 is 10.9 Å². The molecule has 0 bridgehead atoms. The molecule has 0 unspecified atom stereocenters. The number of carbonyl (C=O) groups is 1. The number of aromatic nitrogens is 2. The van der Waals surface area contributed by atoms with Gasteiger partial charge >= 0.3 is 0 Å². The Bertz CT molecular complexity index is 1240. The molecule has 3 aromatic carbocycles. The molecular weight excluding hydrogens is 350 g/mol. The van der Waals surface area contributed by atoms with E-state index < -0.39 is 0 Å². The average Bonchev–Trinajstić information content (AvgIpc) is 2.72. The highest BCUT2D eigenvalue weighted by Crippen LogP contribution is 2.21. The van der Waals surface area contributed by atoms with E-state index in [9.17, 15) is 9.59 Å². The lowest BCUT2D eigenvalue weighted by molar-refractivity contribution is 0.102. The normalized spacial score (nSPS) is 10.8. The van der Waals surface area contributed by atoms with Crippen molar-refractivity contribution in [2.24, 2.45) is 0 Å². The van der Waals surface area contributed by atoms with Crippen molar-refractivity contribution in [2.45, 2.75) is 13.8 Å². The monoisotopic (exact) mass is 369 g/mol. The van der Waals surface area contributed by atoms with Crippen LogP contribution in [0.15, 0.2) is 77.6 Å². The smallest absolute Gasteiger partial charge is 0.279 e. The van der Waals surface area contributed by atoms with E-state index in [1.807, 2.05) is 50.2 Å². The molecule has 0 atom stereocenters. The molecule has 4 rings (SSSR count). The van der Waals surface area contributed by atoms with Gasteiger partial charge in [-0.25, -0.2) is 0 Å². The highest BCUT2D eigenvalue weighted by molar-refractivity contribution is 6.11. The Morgan fingerprint density at radius 2 is 1.54 bits per heavy atom. The van der Waals surface area contributed by atoms with Gasteiger partial charge in [0.25, 0.3) is 11.5 Å². The number of amides is 1. The number of benzene rings is 3. The molecule has 0 aliphatic heterocycles. The fourth-order valence-electron chi connectivity index (χ4n) is 3.17.